The molecule has 128 valence electrons. The van der Waals surface area contributed by atoms with Gasteiger partial charge < -0.3 is 10.2 Å². The van der Waals surface area contributed by atoms with Crippen LogP contribution in [0.1, 0.15) is 41.6 Å². The molecule has 25 heavy (non-hydrogen) atoms. The third-order valence-electron chi connectivity index (χ3n) is 4.63. The highest BCUT2D eigenvalue weighted by Gasteiger charge is 2.31. The molecule has 0 unspecified atom stereocenters. The highest BCUT2D eigenvalue weighted by Crippen LogP contribution is 2.26. The molecule has 1 saturated heterocycles. The standard InChI is InChI=1S/C20H21N3O2/c1-14-6-8-15(9-7-14)18(24)12-16-17(13-21)19(22-20(16)25)23-10-4-2-3-5-11-23/h6-9,12H,2-5,10-11H2,1H3,(H,22,25)/b16-12+. The number of aryl methyl sites for hydroxylation is 1. The van der Waals surface area contributed by atoms with Crippen molar-refractivity contribution in [2.45, 2.75) is 32.6 Å². The molecule has 1 amide bonds. The van der Waals surface area contributed by atoms with Crippen LogP contribution in [0.2, 0.25) is 0 Å². The Morgan fingerprint density at radius 3 is 2.40 bits per heavy atom. The largest absolute Gasteiger partial charge is 0.357 e. The number of nitrogens with zero attached hydrogens (tertiary/aromatic N) is 2. The molecule has 5 heteroatoms. The van der Waals surface area contributed by atoms with Gasteiger partial charge in [-0.2, -0.15) is 5.26 Å². The van der Waals surface area contributed by atoms with E-state index in [4.69, 9.17) is 0 Å². The van der Waals surface area contributed by atoms with Crippen LogP contribution >= 0.6 is 0 Å². The second kappa shape index (κ2) is 7.35. The van der Waals surface area contributed by atoms with Crippen LogP contribution in [-0.4, -0.2) is 29.7 Å². The van der Waals surface area contributed by atoms with Gasteiger partial charge in [0, 0.05) is 24.7 Å². The van der Waals surface area contributed by atoms with Gasteiger partial charge in [-0.15, -0.1) is 0 Å². The first-order valence-electron chi connectivity index (χ1n) is 8.64. The highest BCUT2D eigenvalue weighted by atomic mass is 16.2. The average Bonchev–Trinajstić information content (AvgIpc) is 2.80. The van der Waals surface area contributed by atoms with Gasteiger partial charge in [0.2, 0.25) is 0 Å². The fourth-order valence-corrected chi connectivity index (χ4v) is 3.19. The highest BCUT2D eigenvalue weighted by molar-refractivity contribution is 6.13. The molecule has 1 fully saturated rings. The van der Waals surface area contributed by atoms with E-state index in [1.54, 1.807) is 12.1 Å². The maximum absolute atomic E-state index is 12.5. The Balaban J connectivity index is 1.91. The number of nitrogens with one attached hydrogen (secondary N) is 1. The third kappa shape index (κ3) is 3.63. The molecule has 0 aliphatic carbocycles. The molecule has 0 bridgehead atoms. The summed E-state index contributed by atoms with van der Waals surface area (Å²) >= 11 is 0. The molecule has 5 nitrogen and oxygen atoms in total. The molecule has 0 spiro atoms. The number of amides is 1. The second-order valence-corrected chi connectivity index (χ2v) is 6.48. The molecule has 2 heterocycles. The van der Waals surface area contributed by atoms with Gasteiger partial charge in [0.25, 0.3) is 5.91 Å². The zero-order chi connectivity index (χ0) is 17.8. The Hall–Kier alpha value is -2.87. The van der Waals surface area contributed by atoms with Crippen molar-refractivity contribution in [3.8, 4) is 6.07 Å². The van der Waals surface area contributed by atoms with Crippen LogP contribution in [0.25, 0.3) is 0 Å². The molecule has 0 radical (unpaired) electrons. The number of nitriles is 1. The Morgan fingerprint density at radius 1 is 1.16 bits per heavy atom. The number of benzene rings is 1. The first-order valence-corrected chi connectivity index (χ1v) is 8.64. The Labute approximate surface area is 147 Å². The summed E-state index contributed by atoms with van der Waals surface area (Å²) in [6.45, 7) is 3.58. The van der Waals surface area contributed by atoms with Crippen LogP contribution in [0.3, 0.4) is 0 Å². The summed E-state index contributed by atoms with van der Waals surface area (Å²) in [5.74, 6) is -0.0939. The number of likely N-dealkylation sites (tertiary alicyclic amines) is 1. The minimum absolute atomic E-state index is 0.160. The predicted octanol–water partition coefficient (Wildman–Crippen LogP) is 2.85. The number of rotatable bonds is 3. The molecule has 1 N–H and O–H groups in total. The Kier molecular flexibility index (Phi) is 4.99. The van der Waals surface area contributed by atoms with E-state index in [-0.39, 0.29) is 22.8 Å². The van der Waals surface area contributed by atoms with Crippen molar-refractivity contribution in [3.05, 3.63) is 58.4 Å². The lowest BCUT2D eigenvalue weighted by Crippen LogP contribution is -2.32. The molecule has 2 aliphatic rings. The van der Waals surface area contributed by atoms with E-state index in [1.807, 2.05) is 19.1 Å². The first kappa shape index (κ1) is 17.0. The fraction of sp³-hybridized carbons (Fsp3) is 0.350. The van der Waals surface area contributed by atoms with E-state index in [9.17, 15) is 14.9 Å². The van der Waals surface area contributed by atoms with Crippen molar-refractivity contribution >= 4 is 11.7 Å². The summed E-state index contributed by atoms with van der Waals surface area (Å²) in [4.78, 5) is 26.9. The van der Waals surface area contributed by atoms with Crippen molar-refractivity contribution < 1.29 is 9.59 Å². The van der Waals surface area contributed by atoms with Gasteiger partial charge in [0.15, 0.2) is 5.78 Å². The summed E-state index contributed by atoms with van der Waals surface area (Å²) in [5, 5.41) is 12.4. The molecular weight excluding hydrogens is 314 g/mol. The lowest BCUT2D eigenvalue weighted by atomic mass is 10.0. The minimum Gasteiger partial charge on any atom is -0.357 e. The molecular formula is C20H21N3O2. The number of allylic oxidation sites excluding steroid dienone is 1. The van der Waals surface area contributed by atoms with Crippen molar-refractivity contribution in [2.24, 2.45) is 0 Å². The van der Waals surface area contributed by atoms with Crippen LogP contribution in [0, 0.1) is 18.3 Å². The lowest BCUT2D eigenvalue weighted by molar-refractivity contribution is -0.116. The summed E-state index contributed by atoms with van der Waals surface area (Å²) in [5.41, 5.74) is 2.00. The molecule has 3 rings (SSSR count). The van der Waals surface area contributed by atoms with Crippen LogP contribution in [0.15, 0.2) is 47.3 Å². The third-order valence-corrected chi connectivity index (χ3v) is 4.63. The minimum atomic E-state index is -0.378. The van der Waals surface area contributed by atoms with Gasteiger partial charge in [-0.05, 0) is 19.8 Å². The Bertz CT molecular complexity index is 789. The second-order valence-electron chi connectivity index (χ2n) is 6.48. The maximum Gasteiger partial charge on any atom is 0.258 e. The van der Waals surface area contributed by atoms with Crippen molar-refractivity contribution in [2.75, 3.05) is 13.1 Å². The van der Waals surface area contributed by atoms with E-state index < -0.39 is 0 Å². The summed E-state index contributed by atoms with van der Waals surface area (Å²) in [7, 11) is 0. The molecule has 0 saturated carbocycles. The average molecular weight is 335 g/mol. The zero-order valence-electron chi connectivity index (χ0n) is 14.3. The fourth-order valence-electron chi connectivity index (χ4n) is 3.19. The monoisotopic (exact) mass is 335 g/mol. The number of carbonyl (C=O) groups is 2. The summed E-state index contributed by atoms with van der Waals surface area (Å²) in [6, 6.07) is 9.27. The van der Waals surface area contributed by atoms with Crippen LogP contribution < -0.4 is 5.32 Å². The summed E-state index contributed by atoms with van der Waals surface area (Å²) < 4.78 is 0. The number of ketones is 1. The summed E-state index contributed by atoms with van der Waals surface area (Å²) in [6.07, 6.45) is 5.69. The van der Waals surface area contributed by atoms with Gasteiger partial charge in [-0.3, -0.25) is 9.59 Å². The van der Waals surface area contributed by atoms with Gasteiger partial charge in [-0.25, -0.2) is 0 Å². The maximum atomic E-state index is 12.5. The van der Waals surface area contributed by atoms with Crippen LogP contribution in [-0.2, 0) is 4.79 Å². The van der Waals surface area contributed by atoms with Crippen molar-refractivity contribution in [3.63, 3.8) is 0 Å². The van der Waals surface area contributed by atoms with Crippen LogP contribution in [0.5, 0.6) is 0 Å². The van der Waals surface area contributed by atoms with E-state index in [0.717, 1.165) is 44.3 Å². The number of carbonyl (C=O) groups excluding carboxylic acids is 2. The molecule has 0 atom stereocenters. The van der Waals surface area contributed by atoms with Crippen LogP contribution in [0.4, 0.5) is 0 Å². The van der Waals surface area contributed by atoms with E-state index in [2.05, 4.69) is 16.3 Å². The van der Waals surface area contributed by atoms with Gasteiger partial charge in [-0.1, -0.05) is 42.7 Å². The van der Waals surface area contributed by atoms with Gasteiger partial charge >= 0.3 is 0 Å². The zero-order valence-corrected chi connectivity index (χ0v) is 14.3. The van der Waals surface area contributed by atoms with Gasteiger partial charge in [0.1, 0.15) is 17.5 Å². The number of hydrogen-bond donors (Lipinski definition) is 1. The first-order chi connectivity index (χ1) is 12.1. The SMILES string of the molecule is Cc1ccc(C(=O)/C=C2/C(=O)NC(N3CCCCCC3)=C2C#N)cc1. The quantitative estimate of drug-likeness (QED) is 0.681. The molecule has 2 aliphatic heterocycles. The van der Waals surface area contributed by atoms with Gasteiger partial charge in [0.05, 0.1) is 5.57 Å². The van der Waals surface area contributed by atoms with E-state index in [0.29, 0.717) is 11.4 Å². The lowest BCUT2D eigenvalue weighted by Gasteiger charge is -2.23. The molecule has 1 aromatic carbocycles. The molecule has 0 aromatic heterocycles. The van der Waals surface area contributed by atoms with E-state index in [1.165, 1.54) is 6.08 Å². The predicted molar refractivity (Wildman–Crippen MR) is 94.4 cm³/mol. The van der Waals surface area contributed by atoms with Crippen molar-refractivity contribution in [1.82, 2.24) is 10.2 Å². The van der Waals surface area contributed by atoms with Crippen molar-refractivity contribution in [1.29, 1.82) is 5.26 Å². The normalized spacial score (nSPS) is 19.6. The number of hydrogen-bond acceptors (Lipinski definition) is 4. The molecule has 1 aromatic rings. The Morgan fingerprint density at radius 2 is 1.80 bits per heavy atom. The topological polar surface area (TPSA) is 73.2 Å². The smallest absolute Gasteiger partial charge is 0.258 e. The van der Waals surface area contributed by atoms with E-state index >= 15 is 0 Å².